The molecule has 3 aromatic rings. The summed E-state index contributed by atoms with van der Waals surface area (Å²) in [7, 11) is 0. The number of hydrogen-bond donors (Lipinski definition) is 2. The number of hydrogen-bond acceptors (Lipinski definition) is 5. The zero-order valence-corrected chi connectivity index (χ0v) is 12.5. The Labute approximate surface area is 128 Å². The van der Waals surface area contributed by atoms with Gasteiger partial charge in [-0.3, -0.25) is 0 Å². The van der Waals surface area contributed by atoms with E-state index in [-0.39, 0.29) is 12.1 Å². The van der Waals surface area contributed by atoms with Crippen molar-refractivity contribution in [1.29, 1.82) is 0 Å². The van der Waals surface area contributed by atoms with Gasteiger partial charge < -0.3 is 10.4 Å². The number of aliphatic hydroxyl groups excluding tert-OH is 1. The van der Waals surface area contributed by atoms with Crippen LogP contribution in [-0.2, 0) is 0 Å². The second-order valence-electron chi connectivity index (χ2n) is 5.95. The van der Waals surface area contributed by atoms with Gasteiger partial charge in [-0.05, 0) is 31.9 Å². The molecule has 0 spiro atoms. The van der Waals surface area contributed by atoms with Crippen molar-refractivity contribution in [2.45, 2.75) is 44.8 Å². The normalized spacial score (nSPS) is 22.3. The molecule has 6 heteroatoms. The van der Waals surface area contributed by atoms with E-state index in [9.17, 15) is 5.11 Å². The lowest BCUT2D eigenvalue weighted by molar-refractivity contribution is 0.116. The number of benzene rings is 1. The van der Waals surface area contributed by atoms with Crippen LogP contribution >= 0.6 is 0 Å². The number of aromatic nitrogens is 4. The van der Waals surface area contributed by atoms with Gasteiger partial charge in [0.05, 0.1) is 17.7 Å². The topological polar surface area (TPSA) is 75.3 Å². The predicted octanol–water partition coefficient (Wildman–Crippen LogP) is 2.30. The average molecular weight is 297 g/mol. The first kappa shape index (κ1) is 13.5. The number of aryl methyl sites for hydroxylation is 1. The van der Waals surface area contributed by atoms with E-state index in [4.69, 9.17) is 0 Å². The van der Waals surface area contributed by atoms with E-state index in [1.54, 1.807) is 4.52 Å². The van der Waals surface area contributed by atoms with Gasteiger partial charge in [0.15, 0.2) is 5.65 Å². The molecular weight excluding hydrogens is 278 g/mol. The SMILES string of the molecule is Cc1nc2c3ccccc3nc(N[C@@H]3CCCC[C@@H]3O)n2n1. The molecule has 0 radical (unpaired) electrons. The van der Waals surface area contributed by atoms with Crippen molar-refractivity contribution in [3.8, 4) is 0 Å². The minimum Gasteiger partial charge on any atom is -0.391 e. The fourth-order valence-electron chi connectivity index (χ4n) is 3.20. The van der Waals surface area contributed by atoms with Crippen molar-refractivity contribution in [3.05, 3.63) is 30.1 Å². The molecule has 1 aliphatic rings. The third-order valence-corrected chi connectivity index (χ3v) is 4.33. The smallest absolute Gasteiger partial charge is 0.226 e. The Balaban J connectivity index is 1.84. The molecule has 2 aromatic heterocycles. The van der Waals surface area contributed by atoms with Crippen LogP contribution in [0.5, 0.6) is 0 Å². The molecule has 0 bridgehead atoms. The second-order valence-corrected chi connectivity index (χ2v) is 5.95. The predicted molar refractivity (Wildman–Crippen MR) is 84.9 cm³/mol. The van der Waals surface area contributed by atoms with E-state index in [0.29, 0.717) is 11.8 Å². The van der Waals surface area contributed by atoms with Gasteiger partial charge in [-0.15, -0.1) is 5.10 Å². The zero-order chi connectivity index (χ0) is 15.1. The summed E-state index contributed by atoms with van der Waals surface area (Å²) in [4.78, 5) is 9.21. The quantitative estimate of drug-likeness (QED) is 0.759. The van der Waals surface area contributed by atoms with E-state index >= 15 is 0 Å². The van der Waals surface area contributed by atoms with Crippen LogP contribution in [0, 0.1) is 6.92 Å². The summed E-state index contributed by atoms with van der Waals surface area (Å²) in [5.41, 5.74) is 1.69. The number of anilines is 1. The highest BCUT2D eigenvalue weighted by Gasteiger charge is 2.24. The third kappa shape index (κ3) is 2.20. The molecule has 4 rings (SSSR count). The van der Waals surface area contributed by atoms with Gasteiger partial charge in [0, 0.05) is 5.39 Å². The maximum atomic E-state index is 10.2. The first-order chi connectivity index (χ1) is 10.7. The molecule has 0 unspecified atom stereocenters. The molecule has 114 valence electrons. The summed E-state index contributed by atoms with van der Waals surface area (Å²) in [5.74, 6) is 1.37. The van der Waals surface area contributed by atoms with Crippen molar-refractivity contribution >= 4 is 22.5 Å². The molecule has 22 heavy (non-hydrogen) atoms. The average Bonchev–Trinajstić information content (AvgIpc) is 2.92. The monoisotopic (exact) mass is 297 g/mol. The Morgan fingerprint density at radius 3 is 2.86 bits per heavy atom. The zero-order valence-electron chi connectivity index (χ0n) is 12.5. The summed E-state index contributed by atoms with van der Waals surface area (Å²) in [6.07, 6.45) is 3.67. The maximum Gasteiger partial charge on any atom is 0.226 e. The molecule has 2 heterocycles. The van der Waals surface area contributed by atoms with Crippen molar-refractivity contribution < 1.29 is 5.11 Å². The maximum absolute atomic E-state index is 10.2. The van der Waals surface area contributed by atoms with E-state index < -0.39 is 0 Å². The van der Waals surface area contributed by atoms with Crippen LogP contribution in [0.4, 0.5) is 5.95 Å². The fourth-order valence-corrected chi connectivity index (χ4v) is 3.20. The highest BCUT2D eigenvalue weighted by molar-refractivity contribution is 5.92. The van der Waals surface area contributed by atoms with Crippen LogP contribution < -0.4 is 5.32 Å². The molecule has 1 aliphatic carbocycles. The van der Waals surface area contributed by atoms with Crippen LogP contribution in [0.1, 0.15) is 31.5 Å². The van der Waals surface area contributed by atoms with Crippen molar-refractivity contribution in [2.24, 2.45) is 0 Å². The Morgan fingerprint density at radius 2 is 2.00 bits per heavy atom. The van der Waals surface area contributed by atoms with Gasteiger partial charge in [-0.25, -0.2) is 9.97 Å². The Bertz CT molecular complexity index is 828. The van der Waals surface area contributed by atoms with Crippen LogP contribution in [0.15, 0.2) is 24.3 Å². The number of rotatable bonds is 2. The van der Waals surface area contributed by atoms with Crippen LogP contribution in [0.2, 0.25) is 0 Å². The van der Waals surface area contributed by atoms with Crippen molar-refractivity contribution in [2.75, 3.05) is 5.32 Å². The summed E-state index contributed by atoms with van der Waals surface area (Å²) < 4.78 is 1.75. The third-order valence-electron chi connectivity index (χ3n) is 4.33. The minimum absolute atomic E-state index is 0.0233. The summed E-state index contributed by atoms with van der Waals surface area (Å²) in [6, 6.07) is 7.95. The van der Waals surface area contributed by atoms with Gasteiger partial charge >= 0.3 is 0 Å². The van der Waals surface area contributed by atoms with Crippen LogP contribution in [-0.4, -0.2) is 36.8 Å². The van der Waals surface area contributed by atoms with E-state index in [0.717, 1.165) is 42.2 Å². The van der Waals surface area contributed by atoms with Crippen LogP contribution in [0.3, 0.4) is 0 Å². The molecule has 1 saturated carbocycles. The number of nitrogens with one attached hydrogen (secondary N) is 1. The van der Waals surface area contributed by atoms with Gasteiger partial charge in [0.2, 0.25) is 5.95 Å². The van der Waals surface area contributed by atoms with Crippen LogP contribution in [0.25, 0.3) is 16.6 Å². The molecule has 1 fully saturated rings. The first-order valence-electron chi connectivity index (χ1n) is 7.79. The lowest BCUT2D eigenvalue weighted by atomic mass is 9.93. The Hall–Kier alpha value is -2.21. The minimum atomic E-state index is -0.332. The number of para-hydroxylation sites is 1. The highest BCUT2D eigenvalue weighted by atomic mass is 16.3. The van der Waals surface area contributed by atoms with Crippen molar-refractivity contribution in [3.63, 3.8) is 0 Å². The summed E-state index contributed by atoms with van der Waals surface area (Å²) in [6.45, 7) is 1.88. The highest BCUT2D eigenvalue weighted by Crippen LogP contribution is 2.24. The van der Waals surface area contributed by atoms with Gasteiger partial charge in [0.25, 0.3) is 0 Å². The molecule has 0 saturated heterocycles. The standard InChI is InChI=1S/C16H19N5O/c1-10-17-15-11-6-2-3-7-12(11)18-16(21(15)20-10)19-13-8-4-5-9-14(13)22/h2-3,6-7,13-14,22H,4-5,8-9H2,1H3,(H,18,19)/t13-,14+/m1/s1. The molecule has 2 atom stereocenters. The largest absolute Gasteiger partial charge is 0.391 e. The first-order valence-corrected chi connectivity index (χ1v) is 7.79. The fraction of sp³-hybridized carbons (Fsp3) is 0.438. The van der Waals surface area contributed by atoms with E-state index in [1.807, 2.05) is 31.2 Å². The van der Waals surface area contributed by atoms with Gasteiger partial charge in [-0.1, -0.05) is 25.0 Å². The Kier molecular flexibility index (Phi) is 3.18. The van der Waals surface area contributed by atoms with Gasteiger partial charge in [-0.2, -0.15) is 4.52 Å². The number of aliphatic hydroxyl groups is 1. The van der Waals surface area contributed by atoms with Gasteiger partial charge in [0.1, 0.15) is 5.82 Å². The summed E-state index contributed by atoms with van der Waals surface area (Å²) >= 11 is 0. The second kappa shape index (κ2) is 5.21. The molecule has 1 aromatic carbocycles. The molecule has 0 amide bonds. The number of nitrogens with zero attached hydrogens (tertiary/aromatic N) is 4. The lowest BCUT2D eigenvalue weighted by Gasteiger charge is -2.28. The number of fused-ring (bicyclic) bond motifs is 3. The van der Waals surface area contributed by atoms with E-state index in [1.165, 1.54) is 0 Å². The lowest BCUT2D eigenvalue weighted by Crippen LogP contribution is -2.37. The molecule has 0 aliphatic heterocycles. The summed E-state index contributed by atoms with van der Waals surface area (Å²) in [5, 5.41) is 19.0. The molecule has 2 N–H and O–H groups in total. The Morgan fingerprint density at radius 1 is 1.18 bits per heavy atom. The molecular formula is C16H19N5O. The molecule has 6 nitrogen and oxygen atoms in total. The van der Waals surface area contributed by atoms with Crippen molar-refractivity contribution in [1.82, 2.24) is 19.6 Å². The van der Waals surface area contributed by atoms with E-state index in [2.05, 4.69) is 20.4 Å².